The smallest absolute Gasteiger partial charge is 0.414 e. The van der Waals surface area contributed by atoms with E-state index in [1.165, 1.54) is 29.2 Å². The van der Waals surface area contributed by atoms with Crippen molar-refractivity contribution in [1.29, 1.82) is 0 Å². The number of carbonyl (C=O) groups is 1. The van der Waals surface area contributed by atoms with Gasteiger partial charge in [0.05, 0.1) is 11.5 Å². The van der Waals surface area contributed by atoms with Crippen molar-refractivity contribution in [3.8, 4) is 0 Å². The van der Waals surface area contributed by atoms with Gasteiger partial charge in [0.25, 0.3) is 5.69 Å². The summed E-state index contributed by atoms with van der Waals surface area (Å²) in [4.78, 5) is 23.0. The Morgan fingerprint density at radius 2 is 2.12 bits per heavy atom. The van der Waals surface area contributed by atoms with Crippen LogP contribution in [0.15, 0.2) is 24.3 Å². The number of nitrogens with zero attached hydrogens (tertiary/aromatic N) is 2. The van der Waals surface area contributed by atoms with Gasteiger partial charge in [-0.05, 0) is 12.1 Å². The van der Waals surface area contributed by atoms with Crippen LogP contribution >= 0.6 is 15.9 Å². The van der Waals surface area contributed by atoms with Gasteiger partial charge < -0.3 is 4.74 Å². The van der Waals surface area contributed by atoms with Gasteiger partial charge in [0, 0.05) is 23.2 Å². The van der Waals surface area contributed by atoms with Crippen LogP contribution in [0.25, 0.3) is 0 Å². The highest BCUT2D eigenvalue weighted by molar-refractivity contribution is 9.09. The first-order valence-corrected chi connectivity index (χ1v) is 6.02. The fourth-order valence-electron chi connectivity index (χ4n) is 1.57. The van der Waals surface area contributed by atoms with E-state index in [2.05, 4.69) is 15.9 Å². The summed E-state index contributed by atoms with van der Waals surface area (Å²) in [6, 6.07) is 5.81. The summed E-state index contributed by atoms with van der Waals surface area (Å²) in [6.45, 7) is 0.446. The Labute approximate surface area is 105 Å². The standard InChI is InChI=1S/C10H9BrN2O4/c11-5-9-6-12(10(14)17-9)7-1-3-8(4-2-7)13(15)16/h1-4,9H,5-6H2. The van der Waals surface area contributed by atoms with E-state index >= 15 is 0 Å². The molecule has 1 unspecified atom stereocenters. The highest BCUT2D eigenvalue weighted by Gasteiger charge is 2.31. The van der Waals surface area contributed by atoms with E-state index in [9.17, 15) is 14.9 Å². The number of nitro groups is 1. The minimum absolute atomic E-state index is 0.00152. The second kappa shape index (κ2) is 4.70. The molecular formula is C10H9BrN2O4. The van der Waals surface area contributed by atoms with Crippen LogP contribution < -0.4 is 4.90 Å². The summed E-state index contributed by atoms with van der Waals surface area (Å²) in [7, 11) is 0. The topological polar surface area (TPSA) is 72.7 Å². The molecule has 1 atom stereocenters. The Morgan fingerprint density at radius 1 is 1.47 bits per heavy atom. The van der Waals surface area contributed by atoms with Crippen LogP contribution in [0.1, 0.15) is 0 Å². The number of hydrogen-bond acceptors (Lipinski definition) is 4. The lowest BCUT2D eigenvalue weighted by molar-refractivity contribution is -0.384. The molecule has 0 aromatic heterocycles. The number of alkyl halides is 1. The number of halogens is 1. The largest absolute Gasteiger partial charge is 0.443 e. The van der Waals surface area contributed by atoms with Crippen LogP contribution in [0.2, 0.25) is 0 Å². The molecule has 0 saturated carbocycles. The van der Waals surface area contributed by atoms with E-state index in [1.54, 1.807) is 0 Å². The minimum atomic E-state index is -0.479. The third-order valence-electron chi connectivity index (χ3n) is 2.42. The number of hydrogen-bond donors (Lipinski definition) is 0. The number of benzene rings is 1. The van der Waals surface area contributed by atoms with Gasteiger partial charge in [0.15, 0.2) is 0 Å². The lowest BCUT2D eigenvalue weighted by atomic mass is 10.2. The Hall–Kier alpha value is -1.63. The van der Waals surface area contributed by atoms with Crippen LogP contribution in [0, 0.1) is 10.1 Å². The van der Waals surface area contributed by atoms with Crippen molar-refractivity contribution in [2.24, 2.45) is 0 Å². The number of carbonyl (C=O) groups excluding carboxylic acids is 1. The van der Waals surface area contributed by atoms with Crippen LogP contribution in [0.5, 0.6) is 0 Å². The maximum atomic E-state index is 11.5. The summed E-state index contributed by atoms with van der Waals surface area (Å²) in [5, 5.41) is 11.1. The zero-order chi connectivity index (χ0) is 12.4. The molecule has 17 heavy (non-hydrogen) atoms. The second-order valence-electron chi connectivity index (χ2n) is 3.54. The molecule has 7 heteroatoms. The van der Waals surface area contributed by atoms with E-state index < -0.39 is 11.0 Å². The predicted molar refractivity (Wildman–Crippen MR) is 64.5 cm³/mol. The lowest BCUT2D eigenvalue weighted by Gasteiger charge is -2.11. The van der Waals surface area contributed by atoms with Gasteiger partial charge in [0.1, 0.15) is 6.10 Å². The zero-order valence-electron chi connectivity index (χ0n) is 8.71. The molecular weight excluding hydrogens is 292 g/mol. The number of cyclic esters (lactones) is 1. The summed E-state index contributed by atoms with van der Waals surface area (Å²) in [5.41, 5.74) is 0.599. The van der Waals surface area contributed by atoms with E-state index in [4.69, 9.17) is 4.74 Å². The van der Waals surface area contributed by atoms with E-state index in [0.717, 1.165) is 0 Å². The van der Waals surface area contributed by atoms with Crippen molar-refractivity contribution in [2.45, 2.75) is 6.10 Å². The first kappa shape index (κ1) is 11.8. The monoisotopic (exact) mass is 300 g/mol. The number of amides is 1. The van der Waals surface area contributed by atoms with Gasteiger partial charge in [-0.3, -0.25) is 15.0 Å². The van der Waals surface area contributed by atoms with Gasteiger partial charge in [-0.15, -0.1) is 0 Å². The van der Waals surface area contributed by atoms with Crippen LogP contribution in [-0.4, -0.2) is 29.0 Å². The average Bonchev–Trinajstić information content (AvgIpc) is 2.71. The maximum Gasteiger partial charge on any atom is 0.414 e. The molecule has 1 heterocycles. The molecule has 1 aromatic rings. The number of nitro benzene ring substituents is 1. The molecule has 0 radical (unpaired) electrons. The van der Waals surface area contributed by atoms with Crippen LogP contribution in [0.4, 0.5) is 16.2 Å². The summed E-state index contributed by atoms with van der Waals surface area (Å²) < 4.78 is 5.06. The Morgan fingerprint density at radius 3 is 2.59 bits per heavy atom. The van der Waals surface area contributed by atoms with Crippen molar-refractivity contribution in [3.05, 3.63) is 34.4 Å². The molecule has 1 amide bonds. The first-order valence-electron chi connectivity index (χ1n) is 4.90. The average molecular weight is 301 g/mol. The highest BCUT2D eigenvalue weighted by atomic mass is 79.9. The predicted octanol–water partition coefficient (Wildman–Crippen LogP) is 2.31. The molecule has 0 bridgehead atoms. The Kier molecular flexibility index (Phi) is 3.28. The van der Waals surface area contributed by atoms with Crippen molar-refractivity contribution in [1.82, 2.24) is 0 Å². The molecule has 1 fully saturated rings. The second-order valence-corrected chi connectivity index (χ2v) is 4.19. The van der Waals surface area contributed by atoms with Gasteiger partial charge in [-0.2, -0.15) is 0 Å². The fourth-order valence-corrected chi connectivity index (χ4v) is 1.90. The van der Waals surface area contributed by atoms with Crippen molar-refractivity contribution in [3.63, 3.8) is 0 Å². The van der Waals surface area contributed by atoms with Crippen LogP contribution in [0.3, 0.4) is 0 Å². The molecule has 1 aliphatic heterocycles. The van der Waals surface area contributed by atoms with E-state index in [-0.39, 0.29) is 11.8 Å². The summed E-state index contributed by atoms with van der Waals surface area (Å²) in [6.07, 6.45) is -0.610. The molecule has 1 aliphatic rings. The highest BCUT2D eigenvalue weighted by Crippen LogP contribution is 2.24. The molecule has 6 nitrogen and oxygen atoms in total. The molecule has 0 N–H and O–H groups in total. The molecule has 2 rings (SSSR count). The number of non-ortho nitro benzene ring substituents is 1. The number of anilines is 1. The summed E-state index contributed by atoms with van der Waals surface area (Å²) >= 11 is 3.24. The molecule has 0 aliphatic carbocycles. The maximum absolute atomic E-state index is 11.5. The number of ether oxygens (including phenoxy) is 1. The lowest BCUT2D eigenvalue weighted by Crippen LogP contribution is -2.24. The molecule has 90 valence electrons. The molecule has 1 saturated heterocycles. The first-order chi connectivity index (χ1) is 8.11. The summed E-state index contributed by atoms with van der Waals surface area (Å²) in [5.74, 6) is 0. The molecule has 1 aromatic carbocycles. The van der Waals surface area contributed by atoms with E-state index in [0.29, 0.717) is 17.6 Å². The Balaban J connectivity index is 2.18. The zero-order valence-corrected chi connectivity index (χ0v) is 10.3. The third kappa shape index (κ3) is 2.38. The van der Waals surface area contributed by atoms with Gasteiger partial charge in [-0.25, -0.2) is 4.79 Å². The third-order valence-corrected chi connectivity index (χ3v) is 3.14. The van der Waals surface area contributed by atoms with Crippen molar-refractivity contribution < 1.29 is 14.5 Å². The van der Waals surface area contributed by atoms with Gasteiger partial charge in [-0.1, -0.05) is 15.9 Å². The van der Waals surface area contributed by atoms with Crippen LogP contribution in [-0.2, 0) is 4.74 Å². The van der Waals surface area contributed by atoms with Crippen molar-refractivity contribution in [2.75, 3.05) is 16.8 Å². The quantitative estimate of drug-likeness (QED) is 0.488. The van der Waals surface area contributed by atoms with Gasteiger partial charge >= 0.3 is 6.09 Å². The molecule has 0 spiro atoms. The Bertz CT molecular complexity index is 448. The van der Waals surface area contributed by atoms with E-state index in [1.807, 2.05) is 0 Å². The normalized spacial score (nSPS) is 19.2. The minimum Gasteiger partial charge on any atom is -0.443 e. The number of rotatable bonds is 3. The van der Waals surface area contributed by atoms with Gasteiger partial charge in [0.2, 0.25) is 0 Å². The SMILES string of the molecule is O=C1OC(CBr)CN1c1ccc([N+](=O)[O-])cc1. The fraction of sp³-hybridized carbons (Fsp3) is 0.300. The van der Waals surface area contributed by atoms with Crippen molar-refractivity contribution >= 4 is 33.4 Å².